The number of rotatable bonds is 5. The average Bonchev–Trinajstić information content (AvgIpc) is 1.99. The molecular weight excluding hydrogens is 162 g/mol. The van der Waals surface area contributed by atoms with Crippen LogP contribution in [0.15, 0.2) is 0 Å². The molecule has 0 saturated carbocycles. The smallest absolute Gasteiger partial charge is 0.407 e. The van der Waals surface area contributed by atoms with Gasteiger partial charge in [0.25, 0.3) is 0 Å². The first kappa shape index (κ1) is 10.4. The maximum atomic E-state index is 10.6. The van der Waals surface area contributed by atoms with Crippen molar-refractivity contribution in [1.82, 2.24) is 5.32 Å². The third-order valence-electron chi connectivity index (χ3n) is 1.02. The molecule has 11 heavy (non-hydrogen) atoms. The quantitative estimate of drug-likeness (QED) is 0.508. The van der Waals surface area contributed by atoms with Crippen LogP contribution in [-0.2, 0) is 4.74 Å². The number of carbonyl (C=O) groups is 1. The van der Waals surface area contributed by atoms with Gasteiger partial charge in [0.15, 0.2) is 0 Å². The molecule has 0 radical (unpaired) electrons. The van der Waals surface area contributed by atoms with E-state index >= 15 is 0 Å². The Kier molecular flexibility index (Phi) is 7.03. The molecule has 0 aromatic heterocycles. The van der Waals surface area contributed by atoms with Gasteiger partial charge in [-0.25, -0.2) is 4.79 Å². The molecule has 0 aromatic carbocycles. The van der Waals surface area contributed by atoms with Crippen LogP contribution in [0.4, 0.5) is 4.79 Å². The standard InChI is InChI=1S/C7H13NO2S/c1-2-8-7(9)10-5-3-4-6-11/h6H,2-5H2,1H3,(H,8,9). The summed E-state index contributed by atoms with van der Waals surface area (Å²) in [6.45, 7) is 2.89. The number of unbranched alkanes of at least 4 members (excludes halogenated alkanes) is 1. The lowest BCUT2D eigenvalue weighted by Crippen LogP contribution is -2.23. The highest BCUT2D eigenvalue weighted by atomic mass is 32.1. The van der Waals surface area contributed by atoms with E-state index in [1.54, 1.807) is 5.37 Å². The second-order valence-corrected chi connectivity index (χ2v) is 2.31. The van der Waals surface area contributed by atoms with Crippen LogP contribution in [0.3, 0.4) is 0 Å². The van der Waals surface area contributed by atoms with Crippen molar-refractivity contribution in [2.75, 3.05) is 13.2 Å². The molecule has 0 aliphatic heterocycles. The molecule has 1 N–H and O–H groups in total. The van der Waals surface area contributed by atoms with Gasteiger partial charge < -0.3 is 10.1 Å². The average molecular weight is 175 g/mol. The molecule has 0 heterocycles. The normalized spacial score (nSPS) is 8.82. The van der Waals surface area contributed by atoms with Gasteiger partial charge in [-0.05, 0) is 25.1 Å². The van der Waals surface area contributed by atoms with E-state index in [1.165, 1.54) is 0 Å². The van der Waals surface area contributed by atoms with Gasteiger partial charge in [-0.1, -0.05) is 12.2 Å². The summed E-state index contributed by atoms with van der Waals surface area (Å²) in [6.07, 6.45) is 1.27. The molecule has 0 aliphatic carbocycles. The third kappa shape index (κ3) is 7.25. The maximum absolute atomic E-state index is 10.6. The van der Waals surface area contributed by atoms with E-state index < -0.39 is 0 Å². The van der Waals surface area contributed by atoms with Gasteiger partial charge in [-0.2, -0.15) is 0 Å². The second-order valence-electron chi connectivity index (χ2n) is 1.98. The SMILES string of the molecule is CCNC(=O)OCCCC=S. The van der Waals surface area contributed by atoms with E-state index in [4.69, 9.17) is 4.74 Å². The molecule has 0 spiro atoms. The summed E-state index contributed by atoms with van der Waals surface area (Å²) in [5.74, 6) is 0. The Morgan fingerprint density at radius 1 is 1.73 bits per heavy atom. The zero-order chi connectivity index (χ0) is 8.53. The number of carbonyl (C=O) groups excluding carboxylic acids is 1. The Morgan fingerprint density at radius 3 is 3.00 bits per heavy atom. The summed E-state index contributed by atoms with van der Waals surface area (Å²) < 4.78 is 4.77. The maximum Gasteiger partial charge on any atom is 0.407 e. The summed E-state index contributed by atoms with van der Waals surface area (Å²) in [6, 6.07) is 0. The third-order valence-corrected chi connectivity index (χ3v) is 1.26. The lowest BCUT2D eigenvalue weighted by atomic mass is 10.4. The van der Waals surface area contributed by atoms with Gasteiger partial charge in [-0.15, -0.1) is 0 Å². The molecule has 1 amide bonds. The predicted octanol–water partition coefficient (Wildman–Crippen LogP) is 1.51. The number of hydrogen-bond acceptors (Lipinski definition) is 3. The first-order valence-electron chi connectivity index (χ1n) is 3.65. The van der Waals surface area contributed by atoms with Crippen molar-refractivity contribution in [2.24, 2.45) is 0 Å². The number of thiocarbonyl (C=S) groups is 1. The van der Waals surface area contributed by atoms with Gasteiger partial charge >= 0.3 is 6.09 Å². The van der Waals surface area contributed by atoms with Crippen LogP contribution in [0.25, 0.3) is 0 Å². The molecule has 0 aliphatic rings. The van der Waals surface area contributed by atoms with Crippen LogP contribution in [0, 0.1) is 0 Å². The summed E-state index contributed by atoms with van der Waals surface area (Å²) in [5.41, 5.74) is 0. The molecule has 4 heteroatoms. The highest BCUT2D eigenvalue weighted by molar-refractivity contribution is 7.78. The van der Waals surface area contributed by atoms with Crippen molar-refractivity contribution in [3.8, 4) is 0 Å². The first-order chi connectivity index (χ1) is 5.31. The Balaban J connectivity index is 3.10. The van der Waals surface area contributed by atoms with Crippen molar-refractivity contribution in [3.63, 3.8) is 0 Å². The number of hydrogen-bond donors (Lipinski definition) is 1. The monoisotopic (exact) mass is 175 g/mol. The molecule has 0 rings (SSSR count). The fraction of sp³-hybridized carbons (Fsp3) is 0.714. The van der Waals surface area contributed by atoms with Gasteiger partial charge in [0, 0.05) is 6.54 Å². The largest absolute Gasteiger partial charge is 0.450 e. The lowest BCUT2D eigenvalue weighted by Gasteiger charge is -2.02. The van der Waals surface area contributed by atoms with Crippen LogP contribution in [0.1, 0.15) is 19.8 Å². The summed E-state index contributed by atoms with van der Waals surface area (Å²) in [7, 11) is 0. The van der Waals surface area contributed by atoms with Crippen LogP contribution >= 0.6 is 12.2 Å². The van der Waals surface area contributed by atoms with Gasteiger partial charge in [0.2, 0.25) is 0 Å². The van der Waals surface area contributed by atoms with E-state index in [0.29, 0.717) is 13.2 Å². The minimum absolute atomic E-state index is 0.350. The van der Waals surface area contributed by atoms with E-state index in [1.807, 2.05) is 6.92 Å². The molecular formula is C7H13NO2S. The fourth-order valence-corrected chi connectivity index (χ4v) is 0.694. The number of alkyl carbamates (subject to hydrolysis) is 1. The minimum Gasteiger partial charge on any atom is -0.450 e. The van der Waals surface area contributed by atoms with Gasteiger partial charge in [0.1, 0.15) is 0 Å². The molecule has 64 valence electrons. The van der Waals surface area contributed by atoms with Crippen molar-refractivity contribution in [2.45, 2.75) is 19.8 Å². The predicted molar refractivity (Wildman–Crippen MR) is 47.9 cm³/mol. The number of nitrogens with one attached hydrogen (secondary N) is 1. The Labute approximate surface area is 72.1 Å². The highest BCUT2D eigenvalue weighted by Gasteiger charge is 1.96. The topological polar surface area (TPSA) is 38.3 Å². The molecule has 0 saturated heterocycles. The first-order valence-corrected chi connectivity index (χ1v) is 4.12. The van der Waals surface area contributed by atoms with Crippen molar-refractivity contribution in [3.05, 3.63) is 0 Å². The van der Waals surface area contributed by atoms with E-state index in [2.05, 4.69) is 17.5 Å². The van der Waals surface area contributed by atoms with Crippen LogP contribution in [0.2, 0.25) is 0 Å². The Morgan fingerprint density at radius 2 is 2.45 bits per heavy atom. The molecule has 0 fully saturated rings. The number of amides is 1. The summed E-state index contributed by atoms with van der Waals surface area (Å²) >= 11 is 4.60. The molecule has 0 atom stereocenters. The zero-order valence-corrected chi connectivity index (χ0v) is 7.45. The van der Waals surface area contributed by atoms with E-state index in [0.717, 1.165) is 12.8 Å². The molecule has 0 unspecified atom stereocenters. The summed E-state index contributed by atoms with van der Waals surface area (Å²) in [4.78, 5) is 10.6. The van der Waals surface area contributed by atoms with E-state index in [9.17, 15) is 4.79 Å². The number of ether oxygens (including phenoxy) is 1. The van der Waals surface area contributed by atoms with Crippen LogP contribution in [0.5, 0.6) is 0 Å². The van der Waals surface area contributed by atoms with Crippen molar-refractivity contribution < 1.29 is 9.53 Å². The van der Waals surface area contributed by atoms with Gasteiger partial charge in [0.05, 0.1) is 6.61 Å². The lowest BCUT2D eigenvalue weighted by molar-refractivity contribution is 0.146. The van der Waals surface area contributed by atoms with Crippen LogP contribution in [-0.4, -0.2) is 24.6 Å². The van der Waals surface area contributed by atoms with Crippen LogP contribution < -0.4 is 5.32 Å². The summed E-state index contributed by atoms with van der Waals surface area (Å²) in [5, 5.41) is 4.16. The Bertz CT molecular complexity index is 128. The second kappa shape index (κ2) is 7.47. The molecule has 0 aromatic rings. The zero-order valence-electron chi connectivity index (χ0n) is 6.63. The van der Waals surface area contributed by atoms with Crippen molar-refractivity contribution in [1.29, 1.82) is 0 Å². The molecule has 3 nitrogen and oxygen atoms in total. The van der Waals surface area contributed by atoms with E-state index in [-0.39, 0.29) is 6.09 Å². The molecule has 0 bridgehead atoms. The minimum atomic E-state index is -0.350. The van der Waals surface area contributed by atoms with Crippen molar-refractivity contribution >= 4 is 23.7 Å². The Hall–Kier alpha value is -0.640. The highest BCUT2D eigenvalue weighted by Crippen LogP contribution is 1.87. The van der Waals surface area contributed by atoms with Gasteiger partial charge in [-0.3, -0.25) is 0 Å². The fourth-order valence-electron chi connectivity index (χ4n) is 0.527.